The molecule has 3 aromatic rings. The van der Waals surface area contributed by atoms with Crippen molar-refractivity contribution in [1.82, 2.24) is 9.88 Å². The Balaban J connectivity index is 1.78. The van der Waals surface area contributed by atoms with E-state index in [1.807, 2.05) is 31.2 Å². The highest BCUT2D eigenvalue weighted by molar-refractivity contribution is 5.95. The second-order valence-corrected chi connectivity index (χ2v) is 7.48. The number of alkyl halides is 2. The van der Waals surface area contributed by atoms with Gasteiger partial charge in [-0.15, -0.1) is 0 Å². The van der Waals surface area contributed by atoms with E-state index in [1.54, 1.807) is 12.1 Å². The van der Waals surface area contributed by atoms with Gasteiger partial charge >= 0.3 is 6.61 Å². The number of hydrogen-bond acceptors (Lipinski definition) is 4. The molecule has 1 aliphatic rings. The van der Waals surface area contributed by atoms with Gasteiger partial charge in [0.1, 0.15) is 11.8 Å². The number of ether oxygens (including phenoxy) is 1. The molecule has 1 heterocycles. The van der Waals surface area contributed by atoms with E-state index in [4.69, 9.17) is 0 Å². The highest BCUT2D eigenvalue weighted by atomic mass is 19.3. The zero-order valence-corrected chi connectivity index (χ0v) is 16.8. The summed E-state index contributed by atoms with van der Waals surface area (Å²) < 4.78 is 32.1. The van der Waals surface area contributed by atoms with Crippen LogP contribution in [0.1, 0.15) is 25.3 Å². The Morgan fingerprint density at radius 2 is 1.97 bits per heavy atom. The van der Waals surface area contributed by atoms with Crippen LogP contribution in [0.2, 0.25) is 0 Å². The van der Waals surface area contributed by atoms with Crippen molar-refractivity contribution in [2.75, 3.05) is 18.5 Å². The first-order valence-electron chi connectivity index (χ1n) is 10.2. The van der Waals surface area contributed by atoms with Gasteiger partial charge in [0.15, 0.2) is 0 Å². The molecule has 0 amide bonds. The molecule has 1 fully saturated rings. The largest absolute Gasteiger partial charge is 0.435 e. The summed E-state index contributed by atoms with van der Waals surface area (Å²) in [5.74, 6) is 0.651. The molecule has 156 valence electrons. The first-order chi connectivity index (χ1) is 14.6. The molecule has 7 heteroatoms. The number of fused-ring (bicyclic) bond motifs is 1. The van der Waals surface area contributed by atoms with Gasteiger partial charge in [0.25, 0.3) is 0 Å². The molecule has 1 saturated carbocycles. The molecule has 0 atom stereocenters. The number of nitrogens with zero attached hydrogens (tertiary/aromatic N) is 2. The highest BCUT2D eigenvalue weighted by Gasteiger charge is 2.26. The van der Waals surface area contributed by atoms with Crippen LogP contribution in [0.15, 0.2) is 42.5 Å². The van der Waals surface area contributed by atoms with Crippen LogP contribution < -0.4 is 15.4 Å². The van der Waals surface area contributed by atoms with Crippen LogP contribution in [0.25, 0.3) is 22.2 Å². The maximum absolute atomic E-state index is 12.7. The fourth-order valence-corrected chi connectivity index (χ4v) is 3.70. The van der Waals surface area contributed by atoms with Gasteiger partial charge in [-0.05, 0) is 55.1 Å². The van der Waals surface area contributed by atoms with E-state index in [0.717, 1.165) is 53.8 Å². The zero-order valence-electron chi connectivity index (χ0n) is 16.8. The second-order valence-electron chi connectivity index (χ2n) is 7.48. The lowest BCUT2D eigenvalue weighted by atomic mass is 10.1. The Morgan fingerprint density at radius 3 is 2.60 bits per heavy atom. The van der Waals surface area contributed by atoms with Crippen molar-refractivity contribution in [3.8, 4) is 23.1 Å². The van der Waals surface area contributed by atoms with Crippen LogP contribution >= 0.6 is 0 Å². The zero-order chi connectivity index (χ0) is 21.1. The third-order valence-corrected chi connectivity index (χ3v) is 5.34. The maximum atomic E-state index is 12.7. The topological polar surface area (TPSA) is 62.0 Å². The lowest BCUT2D eigenvalue weighted by molar-refractivity contribution is -0.0497. The number of halogens is 2. The summed E-state index contributed by atoms with van der Waals surface area (Å²) in [6.07, 6.45) is 2.28. The molecule has 0 unspecified atom stereocenters. The fourth-order valence-electron chi connectivity index (χ4n) is 3.70. The van der Waals surface area contributed by atoms with Gasteiger partial charge in [-0.25, -0.2) is 0 Å². The molecule has 0 spiro atoms. The van der Waals surface area contributed by atoms with Gasteiger partial charge in [-0.1, -0.05) is 19.1 Å². The van der Waals surface area contributed by atoms with E-state index in [1.165, 1.54) is 6.07 Å². The Bertz CT molecular complexity index is 1070. The minimum Gasteiger partial charge on any atom is -0.435 e. The predicted octanol–water partition coefficient (Wildman–Crippen LogP) is 5.17. The molecule has 2 N–H and O–H groups in total. The highest BCUT2D eigenvalue weighted by Crippen LogP contribution is 2.39. The summed E-state index contributed by atoms with van der Waals surface area (Å²) in [4.78, 5) is 0. The van der Waals surface area contributed by atoms with Crippen LogP contribution in [0.3, 0.4) is 0 Å². The summed E-state index contributed by atoms with van der Waals surface area (Å²) >= 11 is 0. The molecular weight excluding hydrogens is 386 g/mol. The van der Waals surface area contributed by atoms with Crippen molar-refractivity contribution in [1.29, 1.82) is 5.26 Å². The van der Waals surface area contributed by atoms with Crippen molar-refractivity contribution in [2.45, 2.75) is 32.9 Å². The minimum absolute atomic E-state index is 0.103. The van der Waals surface area contributed by atoms with Gasteiger partial charge in [0, 0.05) is 23.7 Å². The molecule has 0 bridgehead atoms. The van der Waals surface area contributed by atoms with E-state index in [-0.39, 0.29) is 5.75 Å². The number of benzene rings is 2. The molecular formula is C23H24F2N4O. The lowest BCUT2D eigenvalue weighted by Crippen LogP contribution is -2.21. The van der Waals surface area contributed by atoms with E-state index in [2.05, 4.69) is 26.0 Å². The van der Waals surface area contributed by atoms with Gasteiger partial charge in [-0.2, -0.15) is 14.0 Å². The molecule has 30 heavy (non-hydrogen) atoms. The second kappa shape index (κ2) is 8.72. The van der Waals surface area contributed by atoms with Crippen LogP contribution in [-0.4, -0.2) is 24.4 Å². The first kappa shape index (κ1) is 20.2. The smallest absolute Gasteiger partial charge is 0.387 e. The van der Waals surface area contributed by atoms with E-state index >= 15 is 0 Å². The Morgan fingerprint density at radius 1 is 1.20 bits per heavy atom. The molecule has 2 aromatic carbocycles. The van der Waals surface area contributed by atoms with Crippen molar-refractivity contribution in [3.63, 3.8) is 0 Å². The van der Waals surface area contributed by atoms with Crippen LogP contribution in [0, 0.1) is 17.2 Å². The van der Waals surface area contributed by atoms with E-state index in [9.17, 15) is 14.0 Å². The van der Waals surface area contributed by atoms with Crippen LogP contribution in [-0.2, 0) is 6.54 Å². The van der Waals surface area contributed by atoms with Crippen molar-refractivity contribution in [2.24, 2.45) is 5.92 Å². The van der Waals surface area contributed by atoms with Gasteiger partial charge in [-0.3, -0.25) is 0 Å². The lowest BCUT2D eigenvalue weighted by Gasteiger charge is -2.13. The molecule has 0 radical (unpaired) electrons. The summed E-state index contributed by atoms with van der Waals surface area (Å²) in [6.45, 7) is 1.48. The summed E-state index contributed by atoms with van der Waals surface area (Å²) in [6, 6.07) is 15.1. The average Bonchev–Trinajstić information content (AvgIpc) is 3.50. The van der Waals surface area contributed by atoms with Crippen LogP contribution in [0.5, 0.6) is 5.75 Å². The van der Waals surface area contributed by atoms with Gasteiger partial charge in [0.2, 0.25) is 0 Å². The minimum atomic E-state index is -2.88. The Kier molecular flexibility index (Phi) is 5.86. The summed E-state index contributed by atoms with van der Waals surface area (Å²) in [5.41, 5.74) is 4.04. The van der Waals surface area contributed by atoms with E-state index < -0.39 is 6.61 Å². The molecule has 5 nitrogen and oxygen atoms in total. The van der Waals surface area contributed by atoms with Gasteiger partial charge in [0.05, 0.1) is 23.4 Å². The van der Waals surface area contributed by atoms with Crippen LogP contribution in [0.4, 0.5) is 14.5 Å². The van der Waals surface area contributed by atoms with Crippen molar-refractivity contribution in [3.05, 3.63) is 48.0 Å². The number of rotatable bonds is 9. The monoisotopic (exact) mass is 410 g/mol. The normalized spacial score (nSPS) is 13.6. The van der Waals surface area contributed by atoms with Gasteiger partial charge < -0.3 is 19.9 Å². The Hall–Kier alpha value is -3.11. The third kappa shape index (κ3) is 4.24. The SMILES string of the molecule is CCNCNc1ccc(-c2c(C#N)c3ccc(OC(F)F)cc3n2CC2CC2)cc1. The van der Waals surface area contributed by atoms with Crippen molar-refractivity contribution < 1.29 is 13.5 Å². The van der Waals surface area contributed by atoms with Crippen molar-refractivity contribution >= 4 is 16.6 Å². The Labute approximate surface area is 174 Å². The predicted molar refractivity (Wildman–Crippen MR) is 114 cm³/mol. The number of nitrogens with one attached hydrogen (secondary N) is 2. The fraction of sp³-hybridized carbons (Fsp3) is 0.348. The summed E-state index contributed by atoms with van der Waals surface area (Å²) in [7, 11) is 0. The molecule has 1 aromatic heterocycles. The molecule has 1 aliphatic carbocycles. The molecule has 0 saturated heterocycles. The number of nitriles is 1. The molecule has 4 rings (SSSR count). The van der Waals surface area contributed by atoms with E-state index in [0.29, 0.717) is 18.2 Å². The average molecular weight is 410 g/mol. The quantitative estimate of drug-likeness (QED) is 0.377. The number of aromatic nitrogens is 1. The number of hydrogen-bond donors (Lipinski definition) is 2. The number of anilines is 1. The molecule has 0 aliphatic heterocycles. The standard InChI is InChI=1S/C23H24F2N4O/c1-2-27-14-28-17-7-5-16(6-8-17)22-20(12-26)19-10-9-18(30-23(24)25)11-21(19)29(22)13-15-3-4-15/h5-11,15,23,27-28H,2-4,13-14H2,1H3. The summed E-state index contributed by atoms with van der Waals surface area (Å²) in [5, 5.41) is 17.2. The maximum Gasteiger partial charge on any atom is 0.387 e. The first-order valence-corrected chi connectivity index (χ1v) is 10.2. The third-order valence-electron chi connectivity index (χ3n) is 5.34.